The molecule has 0 aromatic heterocycles. The Morgan fingerprint density at radius 3 is 2.74 bits per heavy atom. The molecule has 1 N–H and O–H groups in total. The molecule has 0 saturated carbocycles. The molecule has 3 rings (SSSR count). The molecular weight excluding hydrogens is 290 g/mol. The van der Waals surface area contributed by atoms with Gasteiger partial charge >= 0.3 is 0 Å². The Morgan fingerprint density at radius 1 is 1.22 bits per heavy atom. The number of amides is 1. The summed E-state index contributed by atoms with van der Waals surface area (Å²) in [5, 5.41) is 2.81. The number of amidine groups is 1. The maximum atomic E-state index is 11.3. The third kappa shape index (κ3) is 3.04. The lowest BCUT2D eigenvalue weighted by Gasteiger charge is -2.20. The van der Waals surface area contributed by atoms with Gasteiger partial charge in [-0.1, -0.05) is 12.1 Å². The Labute approximate surface area is 135 Å². The summed E-state index contributed by atoms with van der Waals surface area (Å²) in [6.07, 6.45) is 0. The van der Waals surface area contributed by atoms with Crippen LogP contribution in [0, 0.1) is 0 Å². The van der Waals surface area contributed by atoms with E-state index in [-0.39, 0.29) is 5.91 Å². The van der Waals surface area contributed by atoms with E-state index in [1.165, 1.54) is 6.92 Å². The molecule has 0 saturated heterocycles. The van der Waals surface area contributed by atoms with E-state index in [4.69, 9.17) is 9.73 Å². The van der Waals surface area contributed by atoms with Crippen molar-refractivity contribution >= 4 is 23.1 Å². The molecule has 0 spiro atoms. The van der Waals surface area contributed by atoms with Gasteiger partial charge < -0.3 is 15.0 Å². The van der Waals surface area contributed by atoms with Crippen molar-refractivity contribution in [3.63, 3.8) is 0 Å². The summed E-state index contributed by atoms with van der Waals surface area (Å²) >= 11 is 0. The van der Waals surface area contributed by atoms with Crippen LogP contribution in [0.2, 0.25) is 0 Å². The van der Waals surface area contributed by atoms with Crippen molar-refractivity contribution in [1.82, 2.24) is 4.90 Å². The van der Waals surface area contributed by atoms with Gasteiger partial charge in [0, 0.05) is 26.2 Å². The van der Waals surface area contributed by atoms with Crippen molar-refractivity contribution < 1.29 is 9.53 Å². The van der Waals surface area contributed by atoms with Gasteiger partial charge in [0.25, 0.3) is 0 Å². The van der Waals surface area contributed by atoms with Crippen LogP contribution in [0.25, 0.3) is 0 Å². The lowest BCUT2D eigenvalue weighted by atomic mass is 10.1. The number of carbonyl (C=O) groups is 1. The molecule has 0 aliphatic carbocycles. The first-order valence-corrected chi connectivity index (χ1v) is 7.57. The van der Waals surface area contributed by atoms with Crippen LogP contribution in [0.5, 0.6) is 11.5 Å². The first-order valence-electron chi connectivity index (χ1n) is 7.57. The van der Waals surface area contributed by atoms with E-state index in [1.807, 2.05) is 49.5 Å². The van der Waals surface area contributed by atoms with Crippen molar-refractivity contribution in [3.8, 4) is 11.5 Å². The van der Waals surface area contributed by atoms with E-state index in [0.717, 1.165) is 40.8 Å². The van der Waals surface area contributed by atoms with Gasteiger partial charge in [0.2, 0.25) is 5.91 Å². The average molecular weight is 309 g/mol. The molecule has 0 unspecified atom stereocenters. The number of benzene rings is 2. The SMILES string of the molecule is CCN(C)C1=Nc2ccccc2Oc2ccc(NC(C)=O)cc21. The van der Waals surface area contributed by atoms with E-state index < -0.39 is 0 Å². The van der Waals surface area contributed by atoms with Crippen LogP contribution in [-0.2, 0) is 4.79 Å². The first-order chi connectivity index (χ1) is 11.1. The van der Waals surface area contributed by atoms with Gasteiger partial charge in [-0.25, -0.2) is 4.99 Å². The molecule has 0 atom stereocenters. The summed E-state index contributed by atoms with van der Waals surface area (Å²) in [5.74, 6) is 2.16. The Bertz CT molecular complexity index is 784. The van der Waals surface area contributed by atoms with Crippen LogP contribution in [0.15, 0.2) is 47.5 Å². The minimum absolute atomic E-state index is 0.106. The van der Waals surface area contributed by atoms with Crippen LogP contribution < -0.4 is 10.1 Å². The third-order valence-electron chi connectivity index (χ3n) is 3.69. The molecule has 118 valence electrons. The molecule has 1 aliphatic heterocycles. The van der Waals surface area contributed by atoms with E-state index in [1.54, 1.807) is 0 Å². The molecule has 1 aliphatic rings. The first kappa shape index (κ1) is 15.1. The Hall–Kier alpha value is -2.82. The van der Waals surface area contributed by atoms with E-state index in [0.29, 0.717) is 0 Å². The largest absolute Gasteiger partial charge is 0.454 e. The number of hydrogen-bond acceptors (Lipinski definition) is 4. The third-order valence-corrected chi connectivity index (χ3v) is 3.69. The molecule has 2 aromatic rings. The van der Waals surface area contributed by atoms with Crippen molar-refractivity contribution in [3.05, 3.63) is 48.0 Å². The Kier molecular flexibility index (Phi) is 4.02. The van der Waals surface area contributed by atoms with Crippen LogP contribution in [0.4, 0.5) is 11.4 Å². The van der Waals surface area contributed by atoms with Gasteiger partial charge in [0.1, 0.15) is 17.3 Å². The molecule has 5 heteroatoms. The molecule has 5 nitrogen and oxygen atoms in total. The number of anilines is 1. The number of aliphatic imine (C=N–C) groups is 1. The minimum Gasteiger partial charge on any atom is -0.454 e. The molecule has 1 amide bonds. The monoisotopic (exact) mass is 309 g/mol. The van der Waals surface area contributed by atoms with Crippen molar-refractivity contribution in [2.75, 3.05) is 18.9 Å². The fraction of sp³-hybridized carbons (Fsp3) is 0.222. The van der Waals surface area contributed by atoms with Crippen LogP contribution in [0.3, 0.4) is 0 Å². The topological polar surface area (TPSA) is 53.9 Å². The fourth-order valence-electron chi connectivity index (χ4n) is 2.44. The zero-order valence-corrected chi connectivity index (χ0v) is 13.5. The highest BCUT2D eigenvalue weighted by atomic mass is 16.5. The van der Waals surface area contributed by atoms with Crippen LogP contribution >= 0.6 is 0 Å². The van der Waals surface area contributed by atoms with Crippen molar-refractivity contribution in [1.29, 1.82) is 0 Å². The van der Waals surface area contributed by atoms with Crippen molar-refractivity contribution in [2.24, 2.45) is 4.99 Å². The Morgan fingerprint density at radius 2 is 2.00 bits per heavy atom. The average Bonchev–Trinajstić information content (AvgIpc) is 2.70. The summed E-state index contributed by atoms with van der Waals surface area (Å²) in [6.45, 7) is 4.37. The second-order valence-corrected chi connectivity index (χ2v) is 5.41. The second-order valence-electron chi connectivity index (χ2n) is 5.41. The second kappa shape index (κ2) is 6.12. The lowest BCUT2D eigenvalue weighted by Crippen LogP contribution is -2.27. The predicted octanol–water partition coefficient (Wildman–Crippen LogP) is 3.78. The highest BCUT2D eigenvalue weighted by Crippen LogP contribution is 2.38. The van der Waals surface area contributed by atoms with Gasteiger partial charge in [0.05, 0.1) is 5.56 Å². The summed E-state index contributed by atoms with van der Waals surface area (Å²) in [4.78, 5) is 18.1. The van der Waals surface area contributed by atoms with Crippen LogP contribution in [-0.4, -0.2) is 30.2 Å². The minimum atomic E-state index is -0.106. The summed E-state index contributed by atoms with van der Waals surface area (Å²) in [6, 6.07) is 13.3. The maximum absolute atomic E-state index is 11.3. The normalized spacial score (nSPS) is 12.2. The number of para-hydroxylation sites is 2. The summed E-state index contributed by atoms with van der Waals surface area (Å²) in [7, 11) is 1.99. The van der Waals surface area contributed by atoms with Crippen LogP contribution in [0.1, 0.15) is 19.4 Å². The number of carbonyl (C=O) groups excluding carboxylic acids is 1. The zero-order valence-electron chi connectivity index (χ0n) is 13.5. The molecular formula is C18H19N3O2. The molecule has 0 radical (unpaired) electrons. The summed E-state index contributed by atoms with van der Waals surface area (Å²) < 4.78 is 6.03. The fourth-order valence-corrected chi connectivity index (χ4v) is 2.44. The zero-order chi connectivity index (χ0) is 16.4. The maximum Gasteiger partial charge on any atom is 0.221 e. The number of fused-ring (bicyclic) bond motifs is 2. The highest BCUT2D eigenvalue weighted by molar-refractivity contribution is 6.05. The lowest BCUT2D eigenvalue weighted by molar-refractivity contribution is -0.114. The number of ether oxygens (including phenoxy) is 1. The van der Waals surface area contributed by atoms with Gasteiger partial charge in [-0.2, -0.15) is 0 Å². The molecule has 2 aromatic carbocycles. The highest BCUT2D eigenvalue weighted by Gasteiger charge is 2.20. The molecule has 1 heterocycles. The quantitative estimate of drug-likeness (QED) is 0.918. The molecule has 0 bridgehead atoms. The molecule has 0 fully saturated rings. The standard InChI is InChI=1S/C18H19N3O2/c1-4-21(3)18-14-11-13(19-12(2)22)9-10-16(14)23-17-8-6-5-7-15(17)20-18/h5-11H,4H2,1-3H3,(H,19,22). The van der Waals surface area contributed by atoms with Crippen molar-refractivity contribution in [2.45, 2.75) is 13.8 Å². The van der Waals surface area contributed by atoms with E-state index >= 15 is 0 Å². The van der Waals surface area contributed by atoms with E-state index in [9.17, 15) is 4.79 Å². The van der Waals surface area contributed by atoms with Gasteiger partial charge in [-0.05, 0) is 37.3 Å². The van der Waals surface area contributed by atoms with Gasteiger partial charge in [-0.15, -0.1) is 0 Å². The van der Waals surface area contributed by atoms with Gasteiger partial charge in [-0.3, -0.25) is 4.79 Å². The number of rotatable bonds is 2. The number of nitrogens with one attached hydrogen (secondary N) is 1. The molecule has 23 heavy (non-hydrogen) atoms. The smallest absolute Gasteiger partial charge is 0.221 e. The Balaban J connectivity index is 2.16. The predicted molar refractivity (Wildman–Crippen MR) is 91.8 cm³/mol. The number of hydrogen-bond donors (Lipinski definition) is 1. The van der Waals surface area contributed by atoms with E-state index in [2.05, 4.69) is 17.1 Å². The number of nitrogens with zero attached hydrogens (tertiary/aromatic N) is 2. The summed E-state index contributed by atoms with van der Waals surface area (Å²) in [5.41, 5.74) is 2.37. The van der Waals surface area contributed by atoms with Gasteiger partial charge in [0.15, 0.2) is 5.75 Å².